The summed E-state index contributed by atoms with van der Waals surface area (Å²) in [5, 5.41) is 3.46. The van der Waals surface area contributed by atoms with Gasteiger partial charge in [-0.25, -0.2) is 0 Å². The van der Waals surface area contributed by atoms with Crippen LogP contribution in [-0.4, -0.2) is 37.0 Å². The van der Waals surface area contributed by atoms with Crippen molar-refractivity contribution >= 4 is 11.6 Å². The molecule has 18 heavy (non-hydrogen) atoms. The number of hydrogen-bond donors (Lipinski definition) is 2. The molecular formula is C14H21N3O. The average Bonchev–Trinajstić information content (AvgIpc) is 2.28. The summed E-state index contributed by atoms with van der Waals surface area (Å²) in [4.78, 5) is 13.5. The lowest BCUT2D eigenvalue weighted by atomic mass is 9.87. The molecule has 1 aromatic carbocycles. The summed E-state index contributed by atoms with van der Waals surface area (Å²) in [5.74, 6) is 0.0309. The molecule has 4 heteroatoms. The Morgan fingerprint density at radius 1 is 1.39 bits per heavy atom. The van der Waals surface area contributed by atoms with Gasteiger partial charge in [0.15, 0.2) is 0 Å². The number of carbonyl (C=O) groups excluding carboxylic acids is 1. The molecule has 1 fully saturated rings. The molecule has 0 aliphatic heterocycles. The third-order valence-corrected chi connectivity index (χ3v) is 3.42. The van der Waals surface area contributed by atoms with Gasteiger partial charge in [-0.1, -0.05) is 6.07 Å². The smallest absolute Gasteiger partial charge is 0.253 e. The van der Waals surface area contributed by atoms with Gasteiger partial charge in [-0.2, -0.15) is 0 Å². The number of amides is 1. The molecule has 2 rings (SSSR count). The third kappa shape index (κ3) is 2.64. The summed E-state index contributed by atoms with van der Waals surface area (Å²) in [6.45, 7) is 2.05. The van der Waals surface area contributed by atoms with Crippen molar-refractivity contribution in [2.24, 2.45) is 5.73 Å². The van der Waals surface area contributed by atoms with Gasteiger partial charge in [0.2, 0.25) is 0 Å². The first-order chi connectivity index (χ1) is 8.47. The van der Waals surface area contributed by atoms with Crippen LogP contribution in [0, 0.1) is 6.92 Å². The van der Waals surface area contributed by atoms with Gasteiger partial charge in [-0.05, 0) is 37.5 Å². The van der Waals surface area contributed by atoms with Gasteiger partial charge < -0.3 is 16.0 Å². The fraction of sp³-hybridized carbons (Fsp3) is 0.500. The van der Waals surface area contributed by atoms with Crippen LogP contribution in [0.25, 0.3) is 0 Å². The lowest BCUT2D eigenvalue weighted by molar-refractivity contribution is 0.0827. The highest BCUT2D eigenvalue weighted by Gasteiger charge is 2.26. The first kappa shape index (κ1) is 12.9. The molecule has 0 aromatic heterocycles. The van der Waals surface area contributed by atoms with Crippen LogP contribution in [0.15, 0.2) is 18.2 Å². The minimum Gasteiger partial charge on any atom is -0.382 e. The molecule has 0 radical (unpaired) electrons. The zero-order valence-electron chi connectivity index (χ0n) is 11.2. The molecule has 0 bridgehead atoms. The zero-order valence-corrected chi connectivity index (χ0v) is 11.2. The van der Waals surface area contributed by atoms with Crippen LogP contribution in [-0.2, 0) is 0 Å². The maximum Gasteiger partial charge on any atom is 0.253 e. The first-order valence-electron chi connectivity index (χ1n) is 6.32. The van der Waals surface area contributed by atoms with Crippen LogP contribution in [0.2, 0.25) is 0 Å². The molecule has 3 N–H and O–H groups in total. The Bertz CT molecular complexity index is 450. The van der Waals surface area contributed by atoms with Crippen LogP contribution in [0.5, 0.6) is 0 Å². The van der Waals surface area contributed by atoms with E-state index < -0.39 is 0 Å². The van der Waals surface area contributed by atoms with Crippen LogP contribution in [0.3, 0.4) is 0 Å². The van der Waals surface area contributed by atoms with E-state index >= 15 is 0 Å². The SMILES string of the molecule is Cc1ccc(C(=O)N(C)C)cc1NC1CC(N)C1. The minimum absolute atomic E-state index is 0.0309. The number of aryl methyl sites for hydroxylation is 1. The second-order valence-corrected chi connectivity index (χ2v) is 5.30. The predicted octanol–water partition coefficient (Wildman–Crippen LogP) is 1.60. The Labute approximate surface area is 108 Å². The third-order valence-electron chi connectivity index (χ3n) is 3.42. The summed E-state index contributed by atoms with van der Waals surface area (Å²) in [6.07, 6.45) is 2.01. The van der Waals surface area contributed by atoms with Crippen molar-refractivity contribution in [2.75, 3.05) is 19.4 Å². The summed E-state index contributed by atoms with van der Waals surface area (Å²) in [5.41, 5.74) is 8.70. The number of hydrogen-bond acceptors (Lipinski definition) is 3. The monoisotopic (exact) mass is 247 g/mol. The number of nitrogens with two attached hydrogens (primary N) is 1. The molecule has 0 spiro atoms. The fourth-order valence-corrected chi connectivity index (χ4v) is 2.17. The molecule has 0 atom stereocenters. The van der Waals surface area contributed by atoms with Crippen LogP contribution in [0.1, 0.15) is 28.8 Å². The van der Waals surface area contributed by atoms with Crippen LogP contribution < -0.4 is 11.1 Å². The van der Waals surface area contributed by atoms with Crippen molar-refractivity contribution in [3.8, 4) is 0 Å². The van der Waals surface area contributed by atoms with Crippen molar-refractivity contribution in [2.45, 2.75) is 31.8 Å². The molecule has 98 valence electrons. The van der Waals surface area contributed by atoms with Gasteiger partial charge in [0.05, 0.1) is 0 Å². The van der Waals surface area contributed by atoms with Gasteiger partial charge in [0.1, 0.15) is 0 Å². The quantitative estimate of drug-likeness (QED) is 0.853. The zero-order chi connectivity index (χ0) is 13.3. The van der Waals surface area contributed by atoms with E-state index in [-0.39, 0.29) is 5.91 Å². The van der Waals surface area contributed by atoms with E-state index in [1.165, 1.54) is 0 Å². The molecule has 0 unspecified atom stereocenters. The largest absolute Gasteiger partial charge is 0.382 e. The molecule has 0 heterocycles. The first-order valence-corrected chi connectivity index (χ1v) is 6.32. The molecule has 1 aliphatic rings. The van der Waals surface area contributed by atoms with E-state index in [9.17, 15) is 4.79 Å². The highest BCUT2D eigenvalue weighted by atomic mass is 16.2. The van der Waals surface area contributed by atoms with Gasteiger partial charge >= 0.3 is 0 Å². The number of rotatable bonds is 3. The lowest BCUT2D eigenvalue weighted by Crippen LogP contribution is -2.44. The number of anilines is 1. The van der Waals surface area contributed by atoms with Gasteiger partial charge in [0, 0.05) is 37.4 Å². The molecule has 1 aromatic rings. The second-order valence-electron chi connectivity index (χ2n) is 5.30. The maximum absolute atomic E-state index is 11.9. The van der Waals surface area contributed by atoms with Crippen molar-refractivity contribution in [1.82, 2.24) is 4.90 Å². The Balaban J connectivity index is 2.14. The molecule has 4 nitrogen and oxygen atoms in total. The number of nitrogens with zero attached hydrogens (tertiary/aromatic N) is 1. The van der Waals surface area contributed by atoms with E-state index in [2.05, 4.69) is 5.32 Å². The molecule has 1 saturated carbocycles. The summed E-state index contributed by atoms with van der Waals surface area (Å²) >= 11 is 0. The van der Waals surface area contributed by atoms with E-state index in [1.807, 2.05) is 25.1 Å². The highest BCUT2D eigenvalue weighted by Crippen LogP contribution is 2.25. The van der Waals surface area contributed by atoms with E-state index in [4.69, 9.17) is 5.73 Å². The fourth-order valence-electron chi connectivity index (χ4n) is 2.17. The predicted molar refractivity (Wildman–Crippen MR) is 73.8 cm³/mol. The highest BCUT2D eigenvalue weighted by molar-refractivity contribution is 5.95. The van der Waals surface area contributed by atoms with Gasteiger partial charge in [0.25, 0.3) is 5.91 Å². The van der Waals surface area contributed by atoms with Crippen LogP contribution in [0.4, 0.5) is 5.69 Å². The Morgan fingerprint density at radius 3 is 2.61 bits per heavy atom. The molecule has 0 saturated heterocycles. The van der Waals surface area contributed by atoms with Crippen molar-refractivity contribution in [3.63, 3.8) is 0 Å². The average molecular weight is 247 g/mol. The van der Waals surface area contributed by atoms with Crippen molar-refractivity contribution < 1.29 is 4.79 Å². The molecular weight excluding hydrogens is 226 g/mol. The molecule has 1 amide bonds. The van der Waals surface area contributed by atoms with Crippen LogP contribution >= 0.6 is 0 Å². The summed E-state index contributed by atoms with van der Waals surface area (Å²) < 4.78 is 0. The maximum atomic E-state index is 11.9. The number of nitrogens with one attached hydrogen (secondary N) is 1. The standard InChI is InChI=1S/C14H21N3O/c1-9-4-5-10(14(18)17(2)3)6-13(9)16-12-7-11(15)8-12/h4-6,11-12,16H,7-8,15H2,1-3H3. The Hall–Kier alpha value is -1.55. The van der Waals surface area contributed by atoms with E-state index in [1.54, 1.807) is 19.0 Å². The number of benzene rings is 1. The number of carbonyl (C=O) groups is 1. The van der Waals surface area contributed by atoms with Gasteiger partial charge in [-0.3, -0.25) is 4.79 Å². The normalized spacial score (nSPS) is 22.2. The molecule has 1 aliphatic carbocycles. The summed E-state index contributed by atoms with van der Waals surface area (Å²) in [6, 6.07) is 6.56. The topological polar surface area (TPSA) is 58.4 Å². The Morgan fingerprint density at radius 2 is 2.06 bits per heavy atom. The lowest BCUT2D eigenvalue weighted by Gasteiger charge is -2.34. The minimum atomic E-state index is 0.0309. The van der Waals surface area contributed by atoms with Crippen molar-refractivity contribution in [3.05, 3.63) is 29.3 Å². The van der Waals surface area contributed by atoms with E-state index in [0.29, 0.717) is 12.1 Å². The van der Waals surface area contributed by atoms with Gasteiger partial charge in [-0.15, -0.1) is 0 Å². The van der Waals surface area contributed by atoms with E-state index in [0.717, 1.165) is 29.7 Å². The Kier molecular flexibility index (Phi) is 3.57. The van der Waals surface area contributed by atoms with Crippen molar-refractivity contribution in [1.29, 1.82) is 0 Å². The summed E-state index contributed by atoms with van der Waals surface area (Å²) in [7, 11) is 3.53. The second kappa shape index (κ2) is 4.98.